The number of hydrogen-bond acceptors (Lipinski definition) is 4. The average Bonchev–Trinajstić information content (AvgIpc) is 2.54. The van der Waals surface area contributed by atoms with Crippen LogP contribution in [-0.2, 0) is 15.7 Å². The van der Waals surface area contributed by atoms with Crippen molar-refractivity contribution in [2.75, 3.05) is 6.61 Å². The van der Waals surface area contributed by atoms with Crippen LogP contribution in [0.25, 0.3) is 0 Å². The zero-order valence-corrected chi connectivity index (χ0v) is 15.0. The highest BCUT2D eigenvalue weighted by Gasteiger charge is 2.36. The van der Waals surface area contributed by atoms with Crippen LogP contribution in [0.2, 0.25) is 0 Å². The molecule has 0 N–H and O–H groups in total. The van der Waals surface area contributed by atoms with Crippen molar-refractivity contribution in [3.63, 3.8) is 0 Å². The van der Waals surface area contributed by atoms with Crippen LogP contribution in [0.15, 0.2) is 23.2 Å². The average molecular weight is 363 g/mol. The number of esters is 1. The molecular formula is C17H24F3NO2S. The minimum absolute atomic E-state index is 0.0625. The SMILES string of the molecule is CCCCC(CC)COC(=O)C(C)Sc1cccnc1C(F)(F)F. The molecule has 3 nitrogen and oxygen atoms in total. The van der Waals surface area contributed by atoms with Crippen molar-refractivity contribution in [3.05, 3.63) is 24.0 Å². The number of carbonyl (C=O) groups is 1. The van der Waals surface area contributed by atoms with E-state index in [0.29, 0.717) is 12.5 Å². The van der Waals surface area contributed by atoms with E-state index in [2.05, 4.69) is 11.9 Å². The monoisotopic (exact) mass is 363 g/mol. The molecule has 0 fully saturated rings. The Morgan fingerprint density at radius 2 is 2.08 bits per heavy atom. The van der Waals surface area contributed by atoms with Gasteiger partial charge in [-0.3, -0.25) is 9.78 Å². The van der Waals surface area contributed by atoms with Crippen LogP contribution in [0.3, 0.4) is 0 Å². The van der Waals surface area contributed by atoms with Crippen molar-refractivity contribution in [3.8, 4) is 0 Å². The van der Waals surface area contributed by atoms with E-state index in [1.807, 2.05) is 6.92 Å². The predicted molar refractivity (Wildman–Crippen MR) is 88.8 cm³/mol. The maximum absolute atomic E-state index is 12.9. The Morgan fingerprint density at radius 3 is 2.67 bits per heavy atom. The minimum atomic E-state index is -4.54. The van der Waals surface area contributed by atoms with Gasteiger partial charge in [0, 0.05) is 11.1 Å². The molecule has 0 bridgehead atoms. The van der Waals surface area contributed by atoms with Crippen molar-refractivity contribution >= 4 is 17.7 Å². The number of thioether (sulfide) groups is 1. The number of nitrogens with zero attached hydrogens (tertiary/aromatic N) is 1. The fraction of sp³-hybridized carbons (Fsp3) is 0.647. The summed E-state index contributed by atoms with van der Waals surface area (Å²) in [6.45, 7) is 6.01. The highest BCUT2D eigenvalue weighted by atomic mass is 32.2. The zero-order valence-electron chi connectivity index (χ0n) is 14.2. The number of rotatable bonds is 9. The van der Waals surface area contributed by atoms with Gasteiger partial charge in [-0.1, -0.05) is 33.1 Å². The first-order valence-electron chi connectivity index (χ1n) is 8.15. The zero-order chi connectivity index (χ0) is 18.2. The highest BCUT2D eigenvalue weighted by Crippen LogP contribution is 2.36. The molecule has 0 aliphatic carbocycles. The van der Waals surface area contributed by atoms with Gasteiger partial charge in [0.05, 0.1) is 6.61 Å². The number of carbonyl (C=O) groups excluding carboxylic acids is 1. The van der Waals surface area contributed by atoms with Crippen molar-refractivity contribution in [1.29, 1.82) is 0 Å². The summed E-state index contributed by atoms with van der Waals surface area (Å²) in [5.41, 5.74) is -0.968. The van der Waals surface area contributed by atoms with E-state index >= 15 is 0 Å². The molecule has 1 rings (SSSR count). The molecule has 0 aliphatic rings. The van der Waals surface area contributed by atoms with Gasteiger partial charge in [0.15, 0.2) is 5.69 Å². The molecule has 7 heteroatoms. The van der Waals surface area contributed by atoms with E-state index in [4.69, 9.17) is 4.74 Å². The summed E-state index contributed by atoms with van der Waals surface area (Å²) in [7, 11) is 0. The van der Waals surface area contributed by atoms with Crippen molar-refractivity contribution < 1.29 is 22.7 Å². The predicted octanol–water partition coefficient (Wildman–Crippen LogP) is 5.34. The number of unbranched alkanes of at least 4 members (excludes halogenated alkanes) is 1. The smallest absolute Gasteiger partial charge is 0.434 e. The Hall–Kier alpha value is -1.24. The van der Waals surface area contributed by atoms with Crippen LogP contribution < -0.4 is 0 Å². The summed E-state index contributed by atoms with van der Waals surface area (Å²) in [6.07, 6.45) is 0.608. The first-order valence-corrected chi connectivity index (χ1v) is 9.03. The molecule has 1 heterocycles. The van der Waals surface area contributed by atoms with Gasteiger partial charge < -0.3 is 4.74 Å². The highest BCUT2D eigenvalue weighted by molar-refractivity contribution is 8.00. The molecule has 0 amide bonds. The Morgan fingerprint density at radius 1 is 1.38 bits per heavy atom. The molecule has 0 aliphatic heterocycles. The Bertz CT molecular complexity index is 523. The van der Waals surface area contributed by atoms with Gasteiger partial charge >= 0.3 is 12.1 Å². The van der Waals surface area contributed by atoms with Gasteiger partial charge in [0.25, 0.3) is 0 Å². The maximum Gasteiger partial charge on any atom is 0.434 e. The van der Waals surface area contributed by atoms with Crippen LogP contribution in [0, 0.1) is 5.92 Å². The molecule has 1 aromatic heterocycles. The topological polar surface area (TPSA) is 39.2 Å². The second-order valence-corrected chi connectivity index (χ2v) is 7.04. The van der Waals surface area contributed by atoms with Crippen LogP contribution in [0.5, 0.6) is 0 Å². The van der Waals surface area contributed by atoms with Crippen molar-refractivity contribution in [1.82, 2.24) is 4.98 Å². The molecule has 0 saturated carbocycles. The summed E-state index contributed by atoms with van der Waals surface area (Å²) >= 11 is 0.825. The van der Waals surface area contributed by atoms with Crippen molar-refractivity contribution in [2.45, 2.75) is 62.8 Å². The fourth-order valence-electron chi connectivity index (χ4n) is 2.15. The van der Waals surface area contributed by atoms with Crippen LogP contribution in [-0.4, -0.2) is 22.8 Å². The number of alkyl halides is 3. The lowest BCUT2D eigenvalue weighted by atomic mass is 10.0. The van der Waals surface area contributed by atoms with Gasteiger partial charge in [-0.15, -0.1) is 11.8 Å². The molecule has 0 radical (unpaired) electrons. The van der Waals surface area contributed by atoms with Crippen LogP contribution in [0.1, 0.15) is 52.1 Å². The second-order valence-electron chi connectivity index (χ2n) is 5.65. The fourth-order valence-corrected chi connectivity index (χ4v) is 3.13. The van der Waals surface area contributed by atoms with Crippen LogP contribution in [0.4, 0.5) is 13.2 Å². The summed E-state index contributed by atoms with van der Waals surface area (Å²) < 4.78 is 44.1. The first kappa shape index (κ1) is 20.8. The molecule has 0 aromatic carbocycles. The quantitative estimate of drug-likeness (QED) is 0.438. The lowest BCUT2D eigenvalue weighted by Crippen LogP contribution is -2.21. The molecule has 2 unspecified atom stereocenters. The van der Waals surface area contributed by atoms with Gasteiger partial charge in [-0.25, -0.2) is 0 Å². The number of pyridine rings is 1. The summed E-state index contributed by atoms with van der Waals surface area (Å²) in [5.74, 6) is -0.192. The van der Waals surface area contributed by atoms with Gasteiger partial charge in [0.2, 0.25) is 0 Å². The van der Waals surface area contributed by atoms with Crippen molar-refractivity contribution in [2.24, 2.45) is 5.92 Å². The maximum atomic E-state index is 12.9. The third kappa shape index (κ3) is 6.71. The molecule has 0 saturated heterocycles. The van der Waals surface area contributed by atoms with E-state index in [9.17, 15) is 18.0 Å². The van der Waals surface area contributed by atoms with E-state index in [-0.39, 0.29) is 4.90 Å². The molecular weight excluding hydrogens is 339 g/mol. The standard InChI is InChI=1S/C17H24F3NO2S/c1-4-6-8-13(5-2)11-23-16(22)12(3)24-14-9-7-10-21-15(14)17(18,19)20/h7,9-10,12-13H,4-6,8,11H2,1-3H3. The third-order valence-corrected chi connectivity index (χ3v) is 4.81. The summed E-state index contributed by atoms with van der Waals surface area (Å²) in [4.78, 5) is 15.4. The van der Waals surface area contributed by atoms with Gasteiger partial charge in [0.1, 0.15) is 5.25 Å². The second kappa shape index (κ2) is 9.91. The Balaban J connectivity index is 2.62. The largest absolute Gasteiger partial charge is 0.465 e. The molecule has 136 valence electrons. The molecule has 1 aromatic rings. The summed E-state index contributed by atoms with van der Waals surface area (Å²) in [5, 5.41) is -0.723. The van der Waals surface area contributed by atoms with E-state index in [0.717, 1.165) is 43.6 Å². The molecule has 2 atom stereocenters. The Labute approximate surface area is 145 Å². The number of ether oxygens (including phenoxy) is 1. The first-order chi connectivity index (χ1) is 11.3. The lowest BCUT2D eigenvalue weighted by molar-refractivity contribution is -0.145. The molecule has 0 spiro atoms. The number of hydrogen-bond donors (Lipinski definition) is 0. The number of aromatic nitrogens is 1. The third-order valence-electron chi connectivity index (χ3n) is 3.68. The van der Waals surface area contributed by atoms with Gasteiger partial charge in [-0.2, -0.15) is 13.2 Å². The molecule has 24 heavy (non-hydrogen) atoms. The van der Waals surface area contributed by atoms with E-state index in [1.54, 1.807) is 6.92 Å². The van der Waals surface area contributed by atoms with Gasteiger partial charge in [-0.05, 0) is 31.4 Å². The number of halogens is 3. The summed E-state index contributed by atoms with van der Waals surface area (Å²) in [6, 6.07) is 2.74. The van der Waals surface area contributed by atoms with Crippen LogP contribution >= 0.6 is 11.8 Å². The Kier molecular flexibility index (Phi) is 8.59. The minimum Gasteiger partial charge on any atom is -0.465 e. The van der Waals surface area contributed by atoms with E-state index in [1.165, 1.54) is 12.1 Å². The lowest BCUT2D eigenvalue weighted by Gasteiger charge is -2.18. The van der Waals surface area contributed by atoms with E-state index < -0.39 is 23.1 Å². The normalized spacial score (nSPS) is 14.2.